The molecule has 4 rings (SSSR count). The van der Waals surface area contributed by atoms with Crippen molar-refractivity contribution >= 4 is 46.6 Å². The highest BCUT2D eigenvalue weighted by molar-refractivity contribution is 6.44. The zero-order valence-corrected chi connectivity index (χ0v) is 19.0. The van der Waals surface area contributed by atoms with Crippen LogP contribution in [0.4, 0.5) is 5.69 Å². The molecular weight excluding hydrogens is 441 g/mol. The average molecular weight is 468 g/mol. The van der Waals surface area contributed by atoms with Gasteiger partial charge in [0.25, 0.3) is 0 Å². The second kappa shape index (κ2) is 8.94. The van der Waals surface area contributed by atoms with Crippen molar-refractivity contribution in [1.29, 1.82) is 0 Å². The number of nitrogens with zero attached hydrogens (tertiary/aromatic N) is 1. The number of fused-ring (bicyclic) bond motifs is 1. The number of piperidine rings is 2. The number of nitrogens with one attached hydrogen (secondary N) is 4. The van der Waals surface area contributed by atoms with Gasteiger partial charge in [-0.15, -0.1) is 0 Å². The second-order valence-electron chi connectivity index (χ2n) is 8.95. The lowest BCUT2D eigenvalue weighted by Gasteiger charge is -2.48. The minimum atomic E-state index is -0.832. The number of anilines is 1. The predicted octanol–water partition coefficient (Wildman–Crippen LogP) is 1.99. The van der Waals surface area contributed by atoms with Crippen LogP contribution in [0.2, 0.25) is 10.0 Å². The minimum Gasteiger partial charge on any atom is -0.340 e. The van der Waals surface area contributed by atoms with Crippen LogP contribution in [0.5, 0.6) is 0 Å². The van der Waals surface area contributed by atoms with Gasteiger partial charge in [-0.3, -0.25) is 24.6 Å². The first-order chi connectivity index (χ1) is 14.7. The highest BCUT2D eigenvalue weighted by Crippen LogP contribution is 2.33. The normalized spacial score (nSPS) is 33.8. The number of hydrogen-bond acceptors (Lipinski definition) is 5. The van der Waals surface area contributed by atoms with Crippen LogP contribution in [0.25, 0.3) is 0 Å². The van der Waals surface area contributed by atoms with Crippen molar-refractivity contribution < 1.29 is 14.4 Å². The zero-order chi connectivity index (χ0) is 22.3. The molecule has 3 fully saturated rings. The molecule has 0 aromatic heterocycles. The number of hydrogen-bond donors (Lipinski definition) is 4. The largest absolute Gasteiger partial charge is 0.340 e. The Balaban J connectivity index is 1.50. The van der Waals surface area contributed by atoms with Crippen LogP contribution in [0.1, 0.15) is 26.7 Å². The van der Waals surface area contributed by atoms with Crippen LogP contribution in [0.15, 0.2) is 18.2 Å². The Kier molecular flexibility index (Phi) is 6.44. The SMILES string of the molecule is CC1CC(C)CN(C2NC(=O)C3C(NC(=O)CC3C(=O)Nc3cccc(Cl)c3Cl)N2)C1. The first kappa shape index (κ1) is 22.3. The quantitative estimate of drug-likeness (QED) is 0.544. The molecule has 3 aliphatic rings. The van der Waals surface area contributed by atoms with Gasteiger partial charge < -0.3 is 16.0 Å². The van der Waals surface area contributed by atoms with E-state index < -0.39 is 23.9 Å². The molecule has 31 heavy (non-hydrogen) atoms. The number of rotatable bonds is 3. The van der Waals surface area contributed by atoms with Crippen LogP contribution in [0.3, 0.4) is 0 Å². The van der Waals surface area contributed by atoms with Gasteiger partial charge in [0.05, 0.1) is 33.7 Å². The summed E-state index contributed by atoms with van der Waals surface area (Å²) in [6.45, 7) is 6.09. The molecule has 6 unspecified atom stereocenters. The summed E-state index contributed by atoms with van der Waals surface area (Å²) in [4.78, 5) is 40.7. The van der Waals surface area contributed by atoms with Crippen LogP contribution < -0.4 is 21.3 Å². The fourth-order valence-corrected chi connectivity index (χ4v) is 5.35. The summed E-state index contributed by atoms with van der Waals surface area (Å²) in [6, 6.07) is 4.91. The van der Waals surface area contributed by atoms with E-state index in [1.807, 2.05) is 0 Å². The van der Waals surface area contributed by atoms with Gasteiger partial charge in [-0.05, 0) is 30.4 Å². The third kappa shape index (κ3) is 4.67. The Bertz CT molecular complexity index is 888. The molecule has 8 nitrogen and oxygen atoms in total. The molecule has 3 saturated heterocycles. The lowest BCUT2D eigenvalue weighted by atomic mass is 9.81. The highest BCUT2D eigenvalue weighted by Gasteiger charge is 2.49. The summed E-state index contributed by atoms with van der Waals surface area (Å²) in [5.41, 5.74) is 0.347. The third-order valence-corrected chi connectivity index (χ3v) is 7.06. The standard InChI is InChI=1S/C21H27Cl2N5O3/c1-10-6-11(2)9-28(8-10)21-26-18-16(20(31)27-21)12(7-15(29)25-18)19(30)24-14-5-3-4-13(22)17(14)23/h3-5,10-12,16,18,21,26H,6-9H2,1-2H3,(H,24,30)(H,25,29)(H,27,31). The topological polar surface area (TPSA) is 103 Å². The van der Waals surface area contributed by atoms with Crippen molar-refractivity contribution in [2.45, 2.75) is 39.1 Å². The Hall–Kier alpha value is -1.87. The maximum absolute atomic E-state index is 13.1. The van der Waals surface area contributed by atoms with Crippen LogP contribution >= 0.6 is 23.2 Å². The van der Waals surface area contributed by atoms with Gasteiger partial charge in [-0.25, -0.2) is 0 Å². The van der Waals surface area contributed by atoms with E-state index >= 15 is 0 Å². The Morgan fingerprint density at radius 2 is 1.84 bits per heavy atom. The highest BCUT2D eigenvalue weighted by atomic mass is 35.5. The number of likely N-dealkylation sites (tertiary alicyclic amines) is 1. The van der Waals surface area contributed by atoms with Crippen molar-refractivity contribution in [3.05, 3.63) is 28.2 Å². The van der Waals surface area contributed by atoms with E-state index in [1.54, 1.807) is 18.2 Å². The van der Waals surface area contributed by atoms with Gasteiger partial charge in [-0.1, -0.05) is 43.1 Å². The van der Waals surface area contributed by atoms with Gasteiger partial charge >= 0.3 is 0 Å². The van der Waals surface area contributed by atoms with E-state index in [-0.39, 0.29) is 29.5 Å². The van der Waals surface area contributed by atoms with Crippen LogP contribution in [-0.4, -0.2) is 48.2 Å². The van der Waals surface area contributed by atoms with E-state index in [9.17, 15) is 14.4 Å². The first-order valence-electron chi connectivity index (χ1n) is 10.6. The fraction of sp³-hybridized carbons (Fsp3) is 0.571. The monoisotopic (exact) mass is 467 g/mol. The van der Waals surface area contributed by atoms with Crippen molar-refractivity contribution in [1.82, 2.24) is 20.9 Å². The molecule has 3 heterocycles. The molecule has 4 N–H and O–H groups in total. The first-order valence-corrected chi connectivity index (χ1v) is 11.3. The third-order valence-electron chi connectivity index (χ3n) is 6.24. The molecule has 0 saturated carbocycles. The number of halogens is 2. The summed E-state index contributed by atoms with van der Waals surface area (Å²) < 4.78 is 0. The lowest BCUT2D eigenvalue weighted by molar-refractivity contribution is -0.148. The van der Waals surface area contributed by atoms with Crippen LogP contribution in [-0.2, 0) is 14.4 Å². The lowest BCUT2D eigenvalue weighted by Crippen LogP contribution is -2.75. The summed E-state index contributed by atoms with van der Waals surface area (Å²) in [7, 11) is 0. The van der Waals surface area contributed by atoms with Crippen molar-refractivity contribution in [3.8, 4) is 0 Å². The molecule has 1 aromatic carbocycles. The summed E-state index contributed by atoms with van der Waals surface area (Å²) in [5, 5.41) is 12.4. The molecule has 6 atom stereocenters. The van der Waals surface area contributed by atoms with E-state index in [2.05, 4.69) is 40.0 Å². The molecule has 168 valence electrons. The molecule has 0 spiro atoms. The Morgan fingerprint density at radius 1 is 1.13 bits per heavy atom. The maximum Gasteiger partial charge on any atom is 0.229 e. The van der Waals surface area contributed by atoms with E-state index in [4.69, 9.17) is 23.2 Å². The smallest absolute Gasteiger partial charge is 0.229 e. The molecule has 3 amide bonds. The number of benzene rings is 1. The molecule has 0 bridgehead atoms. The number of carbonyl (C=O) groups is 3. The van der Waals surface area contributed by atoms with E-state index in [0.29, 0.717) is 22.5 Å². The maximum atomic E-state index is 13.1. The summed E-state index contributed by atoms with van der Waals surface area (Å²) in [5.74, 6) is -1.50. The van der Waals surface area contributed by atoms with E-state index in [1.165, 1.54) is 0 Å². The van der Waals surface area contributed by atoms with E-state index in [0.717, 1.165) is 19.5 Å². The predicted molar refractivity (Wildman–Crippen MR) is 118 cm³/mol. The van der Waals surface area contributed by atoms with Crippen LogP contribution in [0, 0.1) is 23.7 Å². The molecule has 0 radical (unpaired) electrons. The van der Waals surface area contributed by atoms with Crippen molar-refractivity contribution in [2.24, 2.45) is 23.7 Å². The average Bonchev–Trinajstić information content (AvgIpc) is 2.69. The van der Waals surface area contributed by atoms with Crippen molar-refractivity contribution in [3.63, 3.8) is 0 Å². The second-order valence-corrected chi connectivity index (χ2v) is 9.74. The fourth-order valence-electron chi connectivity index (χ4n) is 5.00. The van der Waals surface area contributed by atoms with Gasteiger partial charge in [0, 0.05) is 19.5 Å². The van der Waals surface area contributed by atoms with Gasteiger partial charge in [0.1, 0.15) is 6.29 Å². The van der Waals surface area contributed by atoms with Gasteiger partial charge in [-0.2, -0.15) is 0 Å². The van der Waals surface area contributed by atoms with Gasteiger partial charge in [0.2, 0.25) is 17.7 Å². The number of amides is 3. The number of carbonyl (C=O) groups excluding carboxylic acids is 3. The summed E-state index contributed by atoms with van der Waals surface area (Å²) in [6.07, 6.45) is 0.0540. The van der Waals surface area contributed by atoms with Crippen molar-refractivity contribution in [2.75, 3.05) is 18.4 Å². The minimum absolute atomic E-state index is 0.0806. The Morgan fingerprint density at radius 3 is 2.55 bits per heavy atom. The summed E-state index contributed by atoms with van der Waals surface area (Å²) >= 11 is 12.2. The molecule has 1 aromatic rings. The molecule has 10 heteroatoms. The molecule has 3 aliphatic heterocycles. The molecule has 0 aliphatic carbocycles. The van der Waals surface area contributed by atoms with Gasteiger partial charge in [0.15, 0.2) is 0 Å². The Labute approximate surface area is 191 Å². The molecular formula is C21H27Cl2N5O3. The zero-order valence-electron chi connectivity index (χ0n) is 17.5.